The maximum absolute atomic E-state index is 10.4. The van der Waals surface area contributed by atoms with Gasteiger partial charge in [-0.05, 0) is 41.5 Å². The summed E-state index contributed by atoms with van der Waals surface area (Å²) in [4.78, 5) is 0. The third-order valence-corrected chi connectivity index (χ3v) is 8.83. The van der Waals surface area contributed by atoms with E-state index >= 15 is 0 Å². The van der Waals surface area contributed by atoms with Crippen molar-refractivity contribution in [1.82, 2.24) is 4.67 Å². The van der Waals surface area contributed by atoms with Gasteiger partial charge in [0.1, 0.15) is 6.10 Å². The fourth-order valence-corrected chi connectivity index (χ4v) is 7.22. The highest BCUT2D eigenvalue weighted by Gasteiger charge is 2.44. The van der Waals surface area contributed by atoms with Crippen LogP contribution in [0.4, 0.5) is 0 Å². The van der Waals surface area contributed by atoms with Gasteiger partial charge in [0.15, 0.2) is 0 Å². The molecule has 1 fully saturated rings. The van der Waals surface area contributed by atoms with Crippen LogP contribution in [0.2, 0.25) is 0 Å². The number of nitrogens with zero attached hydrogens (tertiary/aromatic N) is 2. The Bertz CT molecular complexity index is 397. The van der Waals surface area contributed by atoms with Crippen molar-refractivity contribution in [3.63, 3.8) is 0 Å². The van der Waals surface area contributed by atoms with E-state index in [1.54, 1.807) is 21.6 Å². The standard InChI is InChI=1S/C15H29N2O3PS2/c1-11(2)17(12(3)4)21(19-9-7-8-16)20-14-13(18)10-22-23-15(14,5)6/h11-14,18H,7,9-10H2,1-6H3. The van der Waals surface area contributed by atoms with Crippen molar-refractivity contribution < 1.29 is 14.2 Å². The van der Waals surface area contributed by atoms with Crippen LogP contribution in [-0.4, -0.2) is 51.2 Å². The van der Waals surface area contributed by atoms with Crippen LogP contribution in [-0.2, 0) is 9.05 Å². The first-order valence-electron chi connectivity index (χ1n) is 7.94. The predicted molar refractivity (Wildman–Crippen MR) is 100 cm³/mol. The third kappa shape index (κ3) is 6.36. The van der Waals surface area contributed by atoms with Crippen molar-refractivity contribution in [2.24, 2.45) is 0 Å². The summed E-state index contributed by atoms with van der Waals surface area (Å²) in [5.74, 6) is 0.656. The highest BCUT2D eigenvalue weighted by atomic mass is 33.1. The van der Waals surface area contributed by atoms with Crippen LogP contribution in [0.15, 0.2) is 0 Å². The van der Waals surface area contributed by atoms with Gasteiger partial charge in [0.2, 0.25) is 0 Å². The van der Waals surface area contributed by atoms with E-state index in [-0.39, 0.29) is 22.9 Å². The van der Waals surface area contributed by atoms with E-state index in [0.29, 0.717) is 18.8 Å². The summed E-state index contributed by atoms with van der Waals surface area (Å²) in [5, 5.41) is 19.2. The molecule has 1 heterocycles. The van der Waals surface area contributed by atoms with Gasteiger partial charge in [-0.25, -0.2) is 4.67 Å². The van der Waals surface area contributed by atoms with Crippen LogP contribution in [0, 0.1) is 11.3 Å². The molecule has 0 spiro atoms. The van der Waals surface area contributed by atoms with Gasteiger partial charge in [0.25, 0.3) is 8.53 Å². The molecule has 1 aliphatic heterocycles. The fraction of sp³-hybridized carbons (Fsp3) is 0.933. The summed E-state index contributed by atoms with van der Waals surface area (Å²) in [5.41, 5.74) is 0. The van der Waals surface area contributed by atoms with Crippen molar-refractivity contribution in [3.05, 3.63) is 0 Å². The molecule has 0 amide bonds. The number of aliphatic hydroxyl groups is 1. The summed E-state index contributed by atoms with van der Waals surface area (Å²) in [6.45, 7) is 13.0. The Morgan fingerprint density at radius 2 is 1.96 bits per heavy atom. The highest BCUT2D eigenvalue weighted by Crippen LogP contribution is 2.53. The zero-order valence-corrected chi connectivity index (χ0v) is 17.4. The van der Waals surface area contributed by atoms with Crippen molar-refractivity contribution in [2.45, 2.75) is 77.0 Å². The Morgan fingerprint density at radius 3 is 2.43 bits per heavy atom. The molecule has 5 nitrogen and oxygen atoms in total. The molecule has 1 rings (SSSR count). The zero-order valence-electron chi connectivity index (χ0n) is 14.9. The molecule has 0 aromatic heterocycles. The van der Waals surface area contributed by atoms with Crippen LogP contribution in [0.5, 0.6) is 0 Å². The van der Waals surface area contributed by atoms with Crippen molar-refractivity contribution in [1.29, 1.82) is 5.26 Å². The maximum atomic E-state index is 10.4. The van der Waals surface area contributed by atoms with Crippen molar-refractivity contribution >= 4 is 30.1 Å². The van der Waals surface area contributed by atoms with Gasteiger partial charge >= 0.3 is 0 Å². The first-order chi connectivity index (χ1) is 10.7. The first kappa shape index (κ1) is 21.5. The zero-order chi connectivity index (χ0) is 17.6. The average Bonchev–Trinajstić information content (AvgIpc) is 2.41. The second-order valence-corrected chi connectivity index (χ2v) is 11.0. The highest BCUT2D eigenvalue weighted by molar-refractivity contribution is 8.77. The smallest absolute Gasteiger partial charge is 0.259 e. The van der Waals surface area contributed by atoms with Crippen LogP contribution in [0.3, 0.4) is 0 Å². The van der Waals surface area contributed by atoms with E-state index < -0.39 is 14.6 Å². The minimum absolute atomic E-state index is 0.193. The fourth-order valence-electron chi connectivity index (χ4n) is 2.44. The van der Waals surface area contributed by atoms with E-state index in [1.807, 2.05) is 0 Å². The lowest BCUT2D eigenvalue weighted by molar-refractivity contribution is 0.0189. The molecule has 0 radical (unpaired) electrons. The molecule has 0 bridgehead atoms. The van der Waals surface area contributed by atoms with Crippen molar-refractivity contribution in [2.75, 3.05) is 12.4 Å². The largest absolute Gasteiger partial charge is 0.389 e. The minimum Gasteiger partial charge on any atom is -0.389 e. The SMILES string of the molecule is CC(C)N(C(C)C)P(OCCC#N)OC1C(O)CSSC1(C)C. The molecule has 1 saturated heterocycles. The minimum atomic E-state index is -1.32. The second-order valence-electron chi connectivity index (χ2n) is 6.61. The number of rotatable bonds is 8. The molecule has 0 aliphatic carbocycles. The van der Waals surface area contributed by atoms with E-state index in [0.717, 1.165) is 0 Å². The summed E-state index contributed by atoms with van der Waals surface area (Å²) in [6.07, 6.45) is -0.461. The average molecular weight is 381 g/mol. The van der Waals surface area contributed by atoms with Gasteiger partial charge in [-0.1, -0.05) is 21.6 Å². The second kappa shape index (κ2) is 9.82. The number of nitriles is 1. The molecular weight excluding hydrogens is 351 g/mol. The molecule has 3 unspecified atom stereocenters. The van der Waals surface area contributed by atoms with Gasteiger partial charge in [-0.3, -0.25) is 0 Å². The van der Waals surface area contributed by atoms with Crippen LogP contribution < -0.4 is 0 Å². The number of hydrogen-bond acceptors (Lipinski definition) is 7. The molecule has 0 aromatic rings. The topological polar surface area (TPSA) is 65.7 Å². The molecule has 23 heavy (non-hydrogen) atoms. The van der Waals surface area contributed by atoms with Crippen molar-refractivity contribution in [3.8, 4) is 6.07 Å². The molecule has 8 heteroatoms. The lowest BCUT2D eigenvalue weighted by Crippen LogP contribution is -2.48. The quantitative estimate of drug-likeness (QED) is 0.385. The lowest BCUT2D eigenvalue weighted by Gasteiger charge is -2.44. The van der Waals surface area contributed by atoms with Crippen LogP contribution >= 0.6 is 30.1 Å². The Kier molecular flexibility index (Phi) is 9.18. The van der Waals surface area contributed by atoms with E-state index in [4.69, 9.17) is 14.3 Å². The molecule has 3 atom stereocenters. The molecule has 134 valence electrons. The van der Waals surface area contributed by atoms with E-state index in [9.17, 15) is 5.11 Å². The number of hydrogen-bond donors (Lipinski definition) is 1. The van der Waals surface area contributed by atoms with Crippen LogP contribution in [0.25, 0.3) is 0 Å². The first-order valence-corrected chi connectivity index (χ1v) is 11.4. The normalized spacial score (nSPS) is 25.8. The maximum Gasteiger partial charge on any atom is 0.259 e. The number of aliphatic hydroxyl groups excluding tert-OH is 1. The molecule has 1 aliphatic rings. The van der Waals surface area contributed by atoms with Crippen LogP contribution in [0.1, 0.15) is 48.0 Å². The molecule has 0 saturated carbocycles. The Morgan fingerprint density at radius 1 is 1.35 bits per heavy atom. The predicted octanol–water partition coefficient (Wildman–Crippen LogP) is 4.18. The summed E-state index contributed by atoms with van der Waals surface area (Å²) in [7, 11) is 2.10. The third-order valence-electron chi connectivity index (χ3n) is 3.41. The Hall–Kier alpha value is 0.460. The van der Waals surface area contributed by atoms with Gasteiger partial charge in [0.05, 0.1) is 25.2 Å². The van der Waals surface area contributed by atoms with E-state index in [1.165, 1.54) is 0 Å². The van der Waals surface area contributed by atoms with Gasteiger partial charge in [0, 0.05) is 22.6 Å². The molecule has 0 aromatic carbocycles. The Balaban J connectivity index is 2.92. The summed E-state index contributed by atoms with van der Waals surface area (Å²) in [6, 6.07) is 2.62. The lowest BCUT2D eigenvalue weighted by atomic mass is 10.0. The molecular formula is C15H29N2O3PS2. The van der Waals surface area contributed by atoms with Gasteiger partial charge < -0.3 is 14.2 Å². The Labute approximate surface area is 149 Å². The van der Waals surface area contributed by atoms with Gasteiger partial charge in [-0.15, -0.1) is 0 Å². The molecule has 1 N–H and O–H groups in total. The summed E-state index contributed by atoms with van der Waals surface area (Å²) >= 11 is 0. The summed E-state index contributed by atoms with van der Waals surface area (Å²) < 4.78 is 14.3. The van der Waals surface area contributed by atoms with Gasteiger partial charge in [-0.2, -0.15) is 5.26 Å². The van der Waals surface area contributed by atoms with E-state index in [2.05, 4.69) is 52.3 Å². The monoisotopic (exact) mass is 380 g/mol.